The van der Waals surface area contributed by atoms with Gasteiger partial charge in [0.2, 0.25) is 0 Å². The van der Waals surface area contributed by atoms with E-state index in [1.165, 1.54) is 4.88 Å². The standard InChI is InChI=1S/C16H20N4O2S/c1-20(2)13(14-4-3-9-23-14)10-18-15(21)11-5-7-12(8-6-11)19-16(17)22/h3-9,13H,10H2,1-2H3,(H,18,21)(H3,17,19,22). The van der Waals surface area contributed by atoms with Gasteiger partial charge >= 0.3 is 6.03 Å². The molecule has 3 amide bonds. The van der Waals surface area contributed by atoms with Gasteiger partial charge in [0.15, 0.2) is 0 Å². The Morgan fingerprint density at radius 3 is 2.43 bits per heavy atom. The third-order valence-electron chi connectivity index (χ3n) is 3.37. The Labute approximate surface area is 139 Å². The van der Waals surface area contributed by atoms with Gasteiger partial charge in [-0.1, -0.05) is 6.07 Å². The van der Waals surface area contributed by atoms with Gasteiger partial charge < -0.3 is 21.3 Å². The van der Waals surface area contributed by atoms with E-state index < -0.39 is 6.03 Å². The largest absolute Gasteiger partial charge is 0.351 e. The van der Waals surface area contributed by atoms with Crippen LogP contribution >= 0.6 is 11.3 Å². The van der Waals surface area contributed by atoms with Gasteiger partial charge in [0, 0.05) is 22.7 Å². The van der Waals surface area contributed by atoms with Gasteiger partial charge in [0.05, 0.1) is 6.04 Å². The van der Waals surface area contributed by atoms with Crippen LogP contribution in [0.5, 0.6) is 0 Å². The molecule has 2 aromatic rings. The minimum Gasteiger partial charge on any atom is -0.351 e. The Morgan fingerprint density at radius 1 is 1.22 bits per heavy atom. The summed E-state index contributed by atoms with van der Waals surface area (Å²) in [5, 5.41) is 7.43. The predicted molar refractivity (Wildman–Crippen MR) is 92.7 cm³/mol. The number of nitrogens with two attached hydrogens (primary N) is 1. The van der Waals surface area contributed by atoms with Gasteiger partial charge in [-0.25, -0.2) is 4.79 Å². The molecular weight excluding hydrogens is 312 g/mol. The van der Waals surface area contributed by atoms with Gasteiger partial charge in [-0.3, -0.25) is 4.79 Å². The Hall–Kier alpha value is -2.38. The number of primary amides is 1. The quantitative estimate of drug-likeness (QED) is 0.758. The van der Waals surface area contributed by atoms with Crippen LogP contribution in [0.4, 0.5) is 10.5 Å². The first-order valence-corrected chi connectivity index (χ1v) is 8.00. The van der Waals surface area contributed by atoms with Crippen LogP contribution in [0.25, 0.3) is 0 Å². The van der Waals surface area contributed by atoms with E-state index in [1.807, 2.05) is 25.5 Å². The number of hydrogen-bond donors (Lipinski definition) is 3. The molecule has 122 valence electrons. The number of amides is 3. The van der Waals surface area contributed by atoms with E-state index in [4.69, 9.17) is 5.73 Å². The number of thiophene rings is 1. The number of urea groups is 1. The highest BCUT2D eigenvalue weighted by atomic mass is 32.1. The van der Waals surface area contributed by atoms with Crippen molar-refractivity contribution in [2.24, 2.45) is 5.73 Å². The number of likely N-dealkylation sites (N-methyl/N-ethyl adjacent to an activating group) is 1. The molecule has 7 heteroatoms. The van der Waals surface area contributed by atoms with Crippen molar-refractivity contribution in [3.8, 4) is 0 Å². The first kappa shape index (κ1) is 17.0. The molecule has 0 saturated heterocycles. The Balaban J connectivity index is 1.97. The fraction of sp³-hybridized carbons (Fsp3) is 0.250. The molecule has 1 unspecified atom stereocenters. The average molecular weight is 332 g/mol. The molecule has 4 N–H and O–H groups in total. The number of carbonyl (C=O) groups excluding carboxylic acids is 2. The van der Waals surface area contributed by atoms with Gasteiger partial charge in [0.1, 0.15) is 0 Å². The number of nitrogens with one attached hydrogen (secondary N) is 2. The smallest absolute Gasteiger partial charge is 0.316 e. The molecule has 0 bridgehead atoms. The van der Waals surface area contributed by atoms with E-state index in [1.54, 1.807) is 35.6 Å². The van der Waals surface area contributed by atoms with Crippen LogP contribution < -0.4 is 16.4 Å². The molecule has 0 fully saturated rings. The summed E-state index contributed by atoms with van der Waals surface area (Å²) in [5.74, 6) is -0.154. The minimum atomic E-state index is -0.632. The third-order valence-corrected chi connectivity index (χ3v) is 4.34. The first-order valence-electron chi connectivity index (χ1n) is 7.12. The van der Waals surface area contributed by atoms with Crippen molar-refractivity contribution in [1.29, 1.82) is 0 Å². The lowest BCUT2D eigenvalue weighted by atomic mass is 10.1. The highest BCUT2D eigenvalue weighted by molar-refractivity contribution is 7.10. The van der Waals surface area contributed by atoms with Crippen LogP contribution in [-0.4, -0.2) is 37.5 Å². The second kappa shape index (κ2) is 7.75. The molecule has 1 atom stereocenters. The molecule has 23 heavy (non-hydrogen) atoms. The van der Waals surface area contributed by atoms with Crippen LogP contribution in [0.15, 0.2) is 41.8 Å². The summed E-state index contributed by atoms with van der Waals surface area (Å²) in [6, 6.07) is 10.1. The maximum atomic E-state index is 12.2. The molecule has 0 saturated carbocycles. The van der Waals surface area contributed by atoms with E-state index >= 15 is 0 Å². The van der Waals surface area contributed by atoms with Gasteiger partial charge in [-0.15, -0.1) is 11.3 Å². The summed E-state index contributed by atoms with van der Waals surface area (Å²) >= 11 is 1.67. The van der Waals surface area contributed by atoms with Crippen LogP contribution in [0.2, 0.25) is 0 Å². The molecule has 2 rings (SSSR count). The Kier molecular flexibility index (Phi) is 5.72. The summed E-state index contributed by atoms with van der Waals surface area (Å²) in [4.78, 5) is 26.3. The van der Waals surface area contributed by atoms with E-state index in [9.17, 15) is 9.59 Å². The molecule has 0 aliphatic carbocycles. The molecule has 0 radical (unpaired) electrons. The van der Waals surface area contributed by atoms with Crippen molar-refractivity contribution in [2.45, 2.75) is 6.04 Å². The van der Waals surface area contributed by atoms with Gasteiger partial charge in [-0.2, -0.15) is 0 Å². The zero-order valence-corrected chi connectivity index (χ0v) is 13.9. The minimum absolute atomic E-state index is 0.134. The van der Waals surface area contributed by atoms with Crippen molar-refractivity contribution in [1.82, 2.24) is 10.2 Å². The first-order chi connectivity index (χ1) is 11.0. The highest BCUT2D eigenvalue weighted by Gasteiger charge is 2.16. The van der Waals surface area contributed by atoms with E-state index in [-0.39, 0.29) is 11.9 Å². The number of rotatable bonds is 6. The van der Waals surface area contributed by atoms with Crippen LogP contribution in [-0.2, 0) is 0 Å². The van der Waals surface area contributed by atoms with Crippen LogP contribution in [0.1, 0.15) is 21.3 Å². The number of carbonyl (C=O) groups is 2. The number of hydrogen-bond acceptors (Lipinski definition) is 4. The Morgan fingerprint density at radius 2 is 1.91 bits per heavy atom. The second-order valence-corrected chi connectivity index (χ2v) is 6.25. The maximum absolute atomic E-state index is 12.2. The molecule has 0 aliphatic rings. The lowest BCUT2D eigenvalue weighted by Gasteiger charge is -2.23. The van der Waals surface area contributed by atoms with Crippen molar-refractivity contribution in [3.05, 3.63) is 52.2 Å². The summed E-state index contributed by atoms with van der Waals surface area (Å²) in [6.45, 7) is 0.521. The third kappa shape index (κ3) is 4.80. The zero-order chi connectivity index (χ0) is 16.8. The number of benzene rings is 1. The van der Waals surface area contributed by atoms with E-state index in [0.29, 0.717) is 17.8 Å². The predicted octanol–water partition coefficient (Wildman–Crippen LogP) is 2.27. The fourth-order valence-electron chi connectivity index (χ4n) is 2.16. The topological polar surface area (TPSA) is 87.5 Å². The average Bonchev–Trinajstić information content (AvgIpc) is 3.01. The fourth-order valence-corrected chi connectivity index (χ4v) is 3.08. The second-order valence-electron chi connectivity index (χ2n) is 5.27. The van der Waals surface area contributed by atoms with Gasteiger partial charge in [-0.05, 0) is 49.8 Å². The summed E-state index contributed by atoms with van der Waals surface area (Å²) < 4.78 is 0. The van der Waals surface area contributed by atoms with Gasteiger partial charge in [0.25, 0.3) is 5.91 Å². The molecule has 0 aliphatic heterocycles. The molecule has 1 aromatic carbocycles. The van der Waals surface area contributed by atoms with Crippen molar-refractivity contribution in [2.75, 3.05) is 26.0 Å². The summed E-state index contributed by atoms with van der Waals surface area (Å²) in [7, 11) is 3.97. The van der Waals surface area contributed by atoms with Crippen molar-refractivity contribution < 1.29 is 9.59 Å². The van der Waals surface area contributed by atoms with Crippen molar-refractivity contribution >= 4 is 29.0 Å². The Bertz CT molecular complexity index is 653. The number of nitrogens with zero attached hydrogens (tertiary/aromatic N) is 1. The number of anilines is 1. The summed E-state index contributed by atoms with van der Waals surface area (Å²) in [5.41, 5.74) is 6.13. The molecule has 0 spiro atoms. The normalized spacial score (nSPS) is 12.0. The summed E-state index contributed by atoms with van der Waals surface area (Å²) in [6.07, 6.45) is 0. The van der Waals surface area contributed by atoms with E-state index in [2.05, 4.69) is 21.6 Å². The molecule has 1 heterocycles. The van der Waals surface area contributed by atoms with Crippen LogP contribution in [0.3, 0.4) is 0 Å². The highest BCUT2D eigenvalue weighted by Crippen LogP contribution is 2.22. The lowest BCUT2D eigenvalue weighted by molar-refractivity contribution is 0.0942. The molecule has 6 nitrogen and oxygen atoms in total. The lowest BCUT2D eigenvalue weighted by Crippen LogP contribution is -2.34. The zero-order valence-electron chi connectivity index (χ0n) is 13.1. The SMILES string of the molecule is CN(C)C(CNC(=O)c1ccc(NC(N)=O)cc1)c1cccs1. The van der Waals surface area contributed by atoms with E-state index in [0.717, 1.165) is 0 Å². The molecule has 1 aromatic heterocycles. The maximum Gasteiger partial charge on any atom is 0.316 e. The van der Waals surface area contributed by atoms with Crippen LogP contribution in [0, 0.1) is 0 Å². The monoisotopic (exact) mass is 332 g/mol. The molecular formula is C16H20N4O2S. The van der Waals surface area contributed by atoms with Crippen molar-refractivity contribution in [3.63, 3.8) is 0 Å².